The van der Waals surface area contributed by atoms with Gasteiger partial charge in [0.15, 0.2) is 0 Å². The number of piperazine rings is 1. The largest absolute Gasteiger partial charge is 0.329 e. The lowest BCUT2D eigenvalue weighted by molar-refractivity contribution is 0.0986. The number of benzene rings is 1. The van der Waals surface area contributed by atoms with Crippen LogP contribution in [0.3, 0.4) is 0 Å². The molecule has 3 nitrogen and oxygen atoms in total. The molecule has 112 valence electrons. The summed E-state index contributed by atoms with van der Waals surface area (Å²) < 4.78 is 1.01. The second-order valence-electron chi connectivity index (χ2n) is 5.29. The monoisotopic (exact) mass is 359 g/mol. The fourth-order valence-corrected chi connectivity index (χ4v) is 3.66. The molecule has 0 amide bonds. The predicted molar refractivity (Wildman–Crippen MR) is 89.3 cm³/mol. The smallest absolute Gasteiger partial charge is 0.0486 e. The molecule has 1 saturated heterocycles. The number of nitrogens with two attached hydrogens (primary N) is 1. The van der Waals surface area contributed by atoms with Crippen molar-refractivity contribution in [2.75, 3.05) is 39.3 Å². The molecule has 1 aliphatic rings. The zero-order chi connectivity index (χ0) is 14.5. The standard InChI is InChI=1S/C15H23BrClN3/c1-2-5-19-6-8-20(9-7-19)15(11-18)13-4-3-12(16)10-14(13)17/h3-4,10,15H,2,5-9,11,18H2,1H3. The Bertz CT molecular complexity index is 433. The van der Waals surface area contributed by atoms with Gasteiger partial charge in [-0.15, -0.1) is 0 Å². The van der Waals surface area contributed by atoms with Gasteiger partial charge in [-0.2, -0.15) is 0 Å². The molecule has 1 aromatic carbocycles. The molecule has 0 spiro atoms. The van der Waals surface area contributed by atoms with E-state index in [0.29, 0.717) is 6.54 Å². The number of hydrogen-bond donors (Lipinski definition) is 1. The molecule has 0 bridgehead atoms. The number of halogens is 2. The van der Waals surface area contributed by atoms with Gasteiger partial charge < -0.3 is 10.6 Å². The summed E-state index contributed by atoms with van der Waals surface area (Å²) in [5, 5.41) is 0.797. The van der Waals surface area contributed by atoms with Crippen molar-refractivity contribution in [1.29, 1.82) is 0 Å². The zero-order valence-corrected chi connectivity index (χ0v) is 14.3. The average molecular weight is 361 g/mol. The highest BCUT2D eigenvalue weighted by Crippen LogP contribution is 2.30. The van der Waals surface area contributed by atoms with Crippen LogP contribution in [0, 0.1) is 0 Å². The number of nitrogens with zero attached hydrogens (tertiary/aromatic N) is 2. The van der Waals surface area contributed by atoms with E-state index in [0.717, 1.165) is 41.2 Å². The maximum Gasteiger partial charge on any atom is 0.0486 e. The fraction of sp³-hybridized carbons (Fsp3) is 0.600. The van der Waals surface area contributed by atoms with Gasteiger partial charge in [-0.25, -0.2) is 0 Å². The van der Waals surface area contributed by atoms with Crippen LogP contribution in [0.4, 0.5) is 0 Å². The van der Waals surface area contributed by atoms with Crippen LogP contribution >= 0.6 is 27.5 Å². The maximum atomic E-state index is 6.38. The van der Waals surface area contributed by atoms with Gasteiger partial charge in [0, 0.05) is 48.3 Å². The van der Waals surface area contributed by atoms with Crippen molar-refractivity contribution < 1.29 is 0 Å². The average Bonchev–Trinajstić information content (AvgIpc) is 2.44. The van der Waals surface area contributed by atoms with Crippen LogP contribution in [-0.2, 0) is 0 Å². The first-order valence-corrected chi connectivity index (χ1v) is 8.44. The van der Waals surface area contributed by atoms with Crippen LogP contribution in [0.15, 0.2) is 22.7 Å². The summed E-state index contributed by atoms with van der Waals surface area (Å²) in [5.74, 6) is 0. The summed E-state index contributed by atoms with van der Waals surface area (Å²) in [6.45, 7) is 8.41. The van der Waals surface area contributed by atoms with E-state index in [-0.39, 0.29) is 6.04 Å². The molecule has 0 saturated carbocycles. The van der Waals surface area contributed by atoms with Gasteiger partial charge in [0.2, 0.25) is 0 Å². The van der Waals surface area contributed by atoms with Crippen LogP contribution < -0.4 is 5.73 Å². The molecule has 1 fully saturated rings. The summed E-state index contributed by atoms with van der Waals surface area (Å²) in [7, 11) is 0. The van der Waals surface area contributed by atoms with Gasteiger partial charge >= 0.3 is 0 Å². The quantitative estimate of drug-likeness (QED) is 0.875. The van der Waals surface area contributed by atoms with E-state index in [4.69, 9.17) is 17.3 Å². The first-order chi connectivity index (χ1) is 9.65. The highest BCUT2D eigenvalue weighted by molar-refractivity contribution is 9.10. The molecule has 20 heavy (non-hydrogen) atoms. The molecule has 2 rings (SSSR count). The van der Waals surface area contributed by atoms with E-state index in [1.54, 1.807) is 0 Å². The summed E-state index contributed by atoms with van der Waals surface area (Å²) >= 11 is 9.83. The lowest BCUT2D eigenvalue weighted by atomic mass is 10.0. The third-order valence-corrected chi connectivity index (χ3v) is 4.75. The number of hydrogen-bond acceptors (Lipinski definition) is 3. The Morgan fingerprint density at radius 1 is 1.30 bits per heavy atom. The summed E-state index contributed by atoms with van der Waals surface area (Å²) in [6, 6.07) is 6.30. The minimum absolute atomic E-state index is 0.222. The summed E-state index contributed by atoms with van der Waals surface area (Å²) in [5.41, 5.74) is 7.15. The van der Waals surface area contributed by atoms with Crippen molar-refractivity contribution >= 4 is 27.5 Å². The molecule has 0 aromatic heterocycles. The van der Waals surface area contributed by atoms with Gasteiger partial charge in [-0.05, 0) is 30.7 Å². The molecule has 0 radical (unpaired) electrons. The third-order valence-electron chi connectivity index (χ3n) is 3.93. The van der Waals surface area contributed by atoms with Crippen molar-refractivity contribution in [3.63, 3.8) is 0 Å². The summed E-state index contributed by atoms with van der Waals surface area (Å²) in [6.07, 6.45) is 1.22. The Kier molecular flexibility index (Phi) is 6.30. The van der Waals surface area contributed by atoms with E-state index in [1.807, 2.05) is 12.1 Å². The van der Waals surface area contributed by atoms with E-state index in [2.05, 4.69) is 38.7 Å². The molecule has 0 aliphatic carbocycles. The first kappa shape index (κ1) is 16.2. The van der Waals surface area contributed by atoms with E-state index < -0.39 is 0 Å². The van der Waals surface area contributed by atoms with Gasteiger partial charge in [-0.3, -0.25) is 4.90 Å². The second-order valence-corrected chi connectivity index (χ2v) is 6.62. The normalized spacial score (nSPS) is 19.2. The van der Waals surface area contributed by atoms with Crippen LogP contribution in [0.25, 0.3) is 0 Å². The van der Waals surface area contributed by atoms with Crippen LogP contribution in [0.5, 0.6) is 0 Å². The SMILES string of the molecule is CCCN1CCN(C(CN)c2ccc(Br)cc2Cl)CC1. The molecule has 1 atom stereocenters. The van der Waals surface area contributed by atoms with Gasteiger partial charge in [0.05, 0.1) is 0 Å². The van der Waals surface area contributed by atoms with Crippen molar-refractivity contribution in [1.82, 2.24) is 9.80 Å². The fourth-order valence-electron chi connectivity index (χ4n) is 2.86. The minimum atomic E-state index is 0.222. The van der Waals surface area contributed by atoms with Crippen molar-refractivity contribution in [3.05, 3.63) is 33.3 Å². The van der Waals surface area contributed by atoms with Crippen molar-refractivity contribution in [2.24, 2.45) is 5.73 Å². The zero-order valence-electron chi connectivity index (χ0n) is 12.0. The molecule has 5 heteroatoms. The lowest BCUT2D eigenvalue weighted by Gasteiger charge is -2.39. The molecule has 1 unspecified atom stereocenters. The van der Waals surface area contributed by atoms with Crippen LogP contribution in [0.2, 0.25) is 5.02 Å². The van der Waals surface area contributed by atoms with E-state index in [9.17, 15) is 0 Å². The van der Waals surface area contributed by atoms with Gasteiger partial charge in [0.1, 0.15) is 0 Å². The molecule has 2 N–H and O–H groups in total. The van der Waals surface area contributed by atoms with Gasteiger partial charge in [-0.1, -0.05) is 40.5 Å². The van der Waals surface area contributed by atoms with Crippen molar-refractivity contribution in [3.8, 4) is 0 Å². The highest BCUT2D eigenvalue weighted by atomic mass is 79.9. The highest BCUT2D eigenvalue weighted by Gasteiger charge is 2.25. The third kappa shape index (κ3) is 3.95. The summed E-state index contributed by atoms with van der Waals surface area (Å²) in [4.78, 5) is 4.98. The number of rotatable bonds is 5. The Hall–Kier alpha value is -0.130. The lowest BCUT2D eigenvalue weighted by Crippen LogP contribution is -2.49. The molecular weight excluding hydrogens is 338 g/mol. The maximum absolute atomic E-state index is 6.38. The Morgan fingerprint density at radius 3 is 2.55 bits per heavy atom. The van der Waals surface area contributed by atoms with Crippen LogP contribution in [0.1, 0.15) is 24.9 Å². The Morgan fingerprint density at radius 2 is 2.00 bits per heavy atom. The Labute approximate surface area is 135 Å². The Balaban J connectivity index is 2.05. The van der Waals surface area contributed by atoms with Crippen LogP contribution in [-0.4, -0.2) is 49.1 Å². The molecule has 1 aromatic rings. The molecular formula is C15H23BrClN3. The second kappa shape index (κ2) is 7.76. The van der Waals surface area contributed by atoms with E-state index in [1.165, 1.54) is 13.0 Å². The molecule has 1 heterocycles. The van der Waals surface area contributed by atoms with Gasteiger partial charge in [0.25, 0.3) is 0 Å². The van der Waals surface area contributed by atoms with Crippen molar-refractivity contribution in [2.45, 2.75) is 19.4 Å². The van der Waals surface area contributed by atoms with E-state index >= 15 is 0 Å². The predicted octanol–water partition coefficient (Wildman–Crippen LogP) is 3.13. The minimum Gasteiger partial charge on any atom is -0.329 e. The molecule has 1 aliphatic heterocycles. The first-order valence-electron chi connectivity index (χ1n) is 7.27. The topological polar surface area (TPSA) is 32.5 Å².